The van der Waals surface area contributed by atoms with Gasteiger partial charge in [-0.2, -0.15) is 0 Å². The predicted octanol–water partition coefficient (Wildman–Crippen LogP) is 10.8. The highest BCUT2D eigenvalue weighted by atomic mass is 16.6. The van der Waals surface area contributed by atoms with Gasteiger partial charge >= 0.3 is 0 Å². The van der Waals surface area contributed by atoms with Gasteiger partial charge in [0.05, 0.1) is 0 Å². The molecular weight excluding hydrogens is 502 g/mol. The Labute approximate surface area is 242 Å². The molecule has 2 heterocycles. The molecule has 0 saturated carbocycles. The summed E-state index contributed by atoms with van der Waals surface area (Å²) in [6.45, 7) is 10.4. The molecule has 3 nitrogen and oxygen atoms in total. The van der Waals surface area contributed by atoms with Crippen molar-refractivity contribution >= 4 is 16.5 Å². The molecule has 0 unspecified atom stereocenters. The number of hydrogen-bond donors (Lipinski definition) is 0. The summed E-state index contributed by atoms with van der Waals surface area (Å²) < 4.78 is 15.2. The highest BCUT2D eigenvalue weighted by molar-refractivity contribution is 6.02. The van der Waals surface area contributed by atoms with E-state index in [1.165, 1.54) is 16.7 Å². The monoisotopic (exact) mass is 535 g/mol. The third kappa shape index (κ3) is 4.81. The Balaban J connectivity index is 1.57. The number of para-hydroxylation sites is 2. The standard InChI is InChI=1S/C38H33NO2/c1-5-8-9-15-29(13-6-2)36-26(4)39(31-21-19-28(20-22-31)30-16-12-14-27(7-3)25-30)37-32(36)23-24-35-38(37)41-34-18-11-10-17-33(34)40-35/h5-6,8-25H,2,7H2,1,3-4H3/b8-5-,15-9-,29-13-. The number of nitrogens with zero attached hydrogens (tertiary/aromatic N) is 1. The first-order valence-electron chi connectivity index (χ1n) is 14.1. The van der Waals surface area contributed by atoms with Crippen molar-refractivity contribution in [1.82, 2.24) is 4.57 Å². The van der Waals surface area contributed by atoms with Crippen molar-refractivity contribution in [1.29, 1.82) is 0 Å². The van der Waals surface area contributed by atoms with Crippen LogP contribution in [0, 0.1) is 6.92 Å². The van der Waals surface area contributed by atoms with Gasteiger partial charge in [0.25, 0.3) is 0 Å². The van der Waals surface area contributed by atoms with Gasteiger partial charge in [-0.15, -0.1) is 0 Å². The molecule has 0 fully saturated rings. The fourth-order valence-corrected chi connectivity index (χ4v) is 5.56. The molecule has 3 heteroatoms. The zero-order chi connectivity index (χ0) is 28.3. The van der Waals surface area contributed by atoms with Crippen molar-refractivity contribution in [3.05, 3.63) is 145 Å². The lowest BCUT2D eigenvalue weighted by molar-refractivity contribution is 0.362. The van der Waals surface area contributed by atoms with Gasteiger partial charge < -0.3 is 14.0 Å². The lowest BCUT2D eigenvalue weighted by atomic mass is 10.0. The van der Waals surface area contributed by atoms with E-state index in [9.17, 15) is 0 Å². The summed E-state index contributed by atoms with van der Waals surface area (Å²) in [6.07, 6.45) is 13.2. The molecule has 0 atom stereocenters. The van der Waals surface area contributed by atoms with Gasteiger partial charge in [0.2, 0.25) is 0 Å². The molecule has 41 heavy (non-hydrogen) atoms. The Morgan fingerprint density at radius 3 is 2.34 bits per heavy atom. The van der Waals surface area contributed by atoms with E-state index in [0.717, 1.165) is 45.6 Å². The topological polar surface area (TPSA) is 23.4 Å². The van der Waals surface area contributed by atoms with E-state index in [-0.39, 0.29) is 0 Å². The smallest absolute Gasteiger partial charge is 0.194 e. The normalized spacial score (nSPS) is 12.8. The maximum atomic E-state index is 6.56. The third-order valence-corrected chi connectivity index (χ3v) is 7.53. The zero-order valence-corrected chi connectivity index (χ0v) is 23.7. The van der Waals surface area contributed by atoms with Crippen molar-refractivity contribution in [2.45, 2.75) is 27.2 Å². The molecule has 0 aliphatic carbocycles. The molecule has 0 bridgehead atoms. The second-order valence-electron chi connectivity index (χ2n) is 10.1. The largest absolute Gasteiger partial charge is 0.449 e. The average molecular weight is 536 g/mol. The summed E-state index contributed by atoms with van der Waals surface area (Å²) in [7, 11) is 0. The molecule has 1 aromatic heterocycles. The number of aryl methyl sites for hydroxylation is 1. The van der Waals surface area contributed by atoms with E-state index in [1.807, 2.05) is 55.5 Å². The third-order valence-electron chi connectivity index (χ3n) is 7.53. The summed E-state index contributed by atoms with van der Waals surface area (Å²) in [4.78, 5) is 0. The van der Waals surface area contributed by atoms with Gasteiger partial charge in [-0.25, -0.2) is 0 Å². The maximum absolute atomic E-state index is 6.56. The molecule has 4 aromatic carbocycles. The van der Waals surface area contributed by atoms with Crippen molar-refractivity contribution in [3.8, 4) is 39.8 Å². The first-order valence-corrected chi connectivity index (χ1v) is 14.1. The summed E-state index contributed by atoms with van der Waals surface area (Å²) in [5.74, 6) is 2.84. The highest BCUT2D eigenvalue weighted by Gasteiger charge is 2.27. The molecule has 202 valence electrons. The first-order chi connectivity index (χ1) is 20.1. The van der Waals surface area contributed by atoms with Crippen LogP contribution in [-0.4, -0.2) is 4.57 Å². The second kappa shape index (κ2) is 11.2. The fourth-order valence-electron chi connectivity index (χ4n) is 5.56. The highest BCUT2D eigenvalue weighted by Crippen LogP contribution is 2.51. The number of allylic oxidation sites excluding steroid dienone is 7. The zero-order valence-electron chi connectivity index (χ0n) is 23.7. The van der Waals surface area contributed by atoms with Gasteiger partial charge in [-0.05, 0) is 78.9 Å². The van der Waals surface area contributed by atoms with Crippen LogP contribution in [0.15, 0.2) is 128 Å². The number of ether oxygens (including phenoxy) is 2. The van der Waals surface area contributed by atoms with Crippen molar-refractivity contribution in [2.24, 2.45) is 0 Å². The molecule has 0 spiro atoms. The molecule has 5 aromatic rings. The van der Waals surface area contributed by atoms with Crippen LogP contribution < -0.4 is 9.47 Å². The average Bonchev–Trinajstić information content (AvgIpc) is 3.31. The van der Waals surface area contributed by atoms with Gasteiger partial charge in [0.1, 0.15) is 5.52 Å². The number of fused-ring (bicyclic) bond motifs is 4. The van der Waals surface area contributed by atoms with E-state index < -0.39 is 0 Å². The van der Waals surface area contributed by atoms with E-state index in [1.54, 1.807) is 0 Å². The van der Waals surface area contributed by atoms with Crippen LogP contribution in [0.5, 0.6) is 23.0 Å². The Morgan fingerprint density at radius 1 is 0.829 bits per heavy atom. The van der Waals surface area contributed by atoms with E-state index >= 15 is 0 Å². The number of rotatable bonds is 7. The van der Waals surface area contributed by atoms with Crippen LogP contribution in [0.25, 0.3) is 33.3 Å². The van der Waals surface area contributed by atoms with Gasteiger partial charge in [-0.1, -0.05) is 98.5 Å². The fraction of sp³-hybridized carbons (Fsp3) is 0.105. The summed E-state index contributed by atoms with van der Waals surface area (Å²) in [5.41, 5.74) is 9.09. The van der Waals surface area contributed by atoms with Crippen molar-refractivity contribution < 1.29 is 9.47 Å². The number of aromatic nitrogens is 1. The lowest BCUT2D eigenvalue weighted by Gasteiger charge is -2.22. The van der Waals surface area contributed by atoms with Gasteiger partial charge in [-0.3, -0.25) is 0 Å². The van der Waals surface area contributed by atoms with Crippen LogP contribution >= 0.6 is 0 Å². The van der Waals surface area contributed by atoms with E-state index in [2.05, 4.69) is 97.8 Å². The van der Waals surface area contributed by atoms with Crippen LogP contribution in [0.3, 0.4) is 0 Å². The maximum Gasteiger partial charge on any atom is 0.194 e. The summed E-state index contributed by atoms with van der Waals surface area (Å²) in [6, 6.07) is 29.5. The van der Waals surface area contributed by atoms with Crippen molar-refractivity contribution in [2.75, 3.05) is 0 Å². The van der Waals surface area contributed by atoms with Gasteiger partial charge in [0.15, 0.2) is 23.0 Å². The predicted molar refractivity (Wildman–Crippen MR) is 172 cm³/mol. The molecular formula is C38H33NO2. The minimum absolute atomic E-state index is 0.702. The molecule has 0 amide bonds. The molecule has 1 aliphatic rings. The molecule has 0 saturated heterocycles. The molecule has 0 radical (unpaired) electrons. The minimum Gasteiger partial charge on any atom is -0.449 e. The molecule has 6 rings (SSSR count). The Kier molecular flexibility index (Phi) is 7.18. The minimum atomic E-state index is 0.702. The number of hydrogen-bond acceptors (Lipinski definition) is 2. The van der Waals surface area contributed by atoms with E-state index in [4.69, 9.17) is 9.47 Å². The first kappa shape index (κ1) is 26.2. The van der Waals surface area contributed by atoms with Crippen LogP contribution in [-0.2, 0) is 6.42 Å². The molecule has 0 N–H and O–H groups in total. The summed E-state index contributed by atoms with van der Waals surface area (Å²) in [5, 5.41) is 1.09. The van der Waals surface area contributed by atoms with Crippen molar-refractivity contribution in [3.63, 3.8) is 0 Å². The Bertz CT molecular complexity index is 1850. The lowest BCUT2D eigenvalue weighted by Crippen LogP contribution is -2.02. The van der Waals surface area contributed by atoms with Crippen LogP contribution in [0.1, 0.15) is 30.7 Å². The second-order valence-corrected chi connectivity index (χ2v) is 10.1. The molecule has 1 aliphatic heterocycles. The van der Waals surface area contributed by atoms with Crippen LogP contribution in [0.2, 0.25) is 0 Å². The summed E-state index contributed by atoms with van der Waals surface area (Å²) >= 11 is 0. The SMILES string of the molecule is C=C/C=C(/C=C\C=C/C)c1c(C)n(-c2ccc(-c3cccc(CC)c3)cc2)c2c3c(ccc12)Oc1ccccc1O3. The van der Waals surface area contributed by atoms with Gasteiger partial charge in [0, 0.05) is 22.3 Å². The Hall–Kier alpha value is -5.02. The van der Waals surface area contributed by atoms with Crippen LogP contribution in [0.4, 0.5) is 0 Å². The van der Waals surface area contributed by atoms with E-state index in [0.29, 0.717) is 17.2 Å². The number of benzene rings is 4. The Morgan fingerprint density at radius 2 is 1.61 bits per heavy atom. The quantitative estimate of drug-likeness (QED) is 0.190.